The van der Waals surface area contributed by atoms with Crippen molar-refractivity contribution in [1.29, 1.82) is 0 Å². The number of rotatable bonds is 5. The number of aromatic nitrogens is 4. The fourth-order valence-corrected chi connectivity index (χ4v) is 4.15. The summed E-state index contributed by atoms with van der Waals surface area (Å²) in [5, 5.41) is 16.0. The summed E-state index contributed by atoms with van der Waals surface area (Å²) in [6, 6.07) is 11.9. The third-order valence-electron chi connectivity index (χ3n) is 5.71. The Balaban J connectivity index is 2.17. The Morgan fingerprint density at radius 3 is 2.61 bits per heavy atom. The second-order valence-corrected chi connectivity index (χ2v) is 9.07. The van der Waals surface area contributed by atoms with Crippen molar-refractivity contribution in [2.45, 2.75) is 58.8 Å². The van der Waals surface area contributed by atoms with Crippen molar-refractivity contribution in [3.63, 3.8) is 0 Å². The van der Waals surface area contributed by atoms with E-state index in [1.807, 2.05) is 54.8 Å². The maximum Gasteiger partial charge on any atom is 0.311 e. The third-order valence-corrected chi connectivity index (χ3v) is 5.71. The van der Waals surface area contributed by atoms with Gasteiger partial charge in [-0.3, -0.25) is 9.78 Å². The van der Waals surface area contributed by atoms with Crippen molar-refractivity contribution in [2.75, 3.05) is 0 Å². The molecule has 1 atom stereocenters. The van der Waals surface area contributed by atoms with E-state index < -0.39 is 11.9 Å². The zero-order valence-corrected chi connectivity index (χ0v) is 18.7. The molecule has 0 spiro atoms. The molecule has 31 heavy (non-hydrogen) atoms. The number of carboxylic acid groups (broad SMARTS) is 1. The minimum absolute atomic E-state index is 0.161. The fraction of sp³-hybridized carbons (Fsp3) is 0.360. The monoisotopic (exact) mass is 416 g/mol. The first-order valence-corrected chi connectivity index (χ1v) is 10.7. The van der Waals surface area contributed by atoms with Crippen LogP contribution in [0.25, 0.3) is 27.8 Å². The number of aryl methyl sites for hydroxylation is 1. The molecule has 0 amide bonds. The largest absolute Gasteiger partial charge is 0.481 e. The van der Waals surface area contributed by atoms with E-state index in [1.54, 1.807) is 6.20 Å². The summed E-state index contributed by atoms with van der Waals surface area (Å²) in [5.41, 5.74) is 5.36. The van der Waals surface area contributed by atoms with Crippen LogP contribution in [-0.2, 0) is 10.2 Å². The van der Waals surface area contributed by atoms with Gasteiger partial charge in [-0.25, -0.2) is 9.50 Å². The molecule has 0 aliphatic rings. The number of carbonyl (C=O) groups is 1. The second kappa shape index (κ2) is 7.76. The number of pyridine rings is 1. The van der Waals surface area contributed by atoms with Gasteiger partial charge in [0.25, 0.3) is 0 Å². The van der Waals surface area contributed by atoms with Gasteiger partial charge in [-0.2, -0.15) is 5.10 Å². The Hall–Kier alpha value is -3.28. The zero-order valence-electron chi connectivity index (χ0n) is 18.7. The van der Waals surface area contributed by atoms with Gasteiger partial charge in [0.05, 0.1) is 22.8 Å². The van der Waals surface area contributed by atoms with E-state index in [9.17, 15) is 9.90 Å². The smallest absolute Gasteiger partial charge is 0.311 e. The van der Waals surface area contributed by atoms with E-state index in [0.717, 1.165) is 45.6 Å². The van der Waals surface area contributed by atoms with Crippen LogP contribution in [0.15, 0.2) is 42.6 Å². The Labute approximate surface area is 182 Å². The molecule has 0 bridgehead atoms. The molecule has 0 fully saturated rings. The van der Waals surface area contributed by atoms with Crippen LogP contribution in [-0.4, -0.2) is 30.7 Å². The number of benzene rings is 1. The molecular formula is C25H28N4O2. The van der Waals surface area contributed by atoms with Crippen molar-refractivity contribution in [1.82, 2.24) is 19.6 Å². The highest BCUT2D eigenvalue weighted by molar-refractivity contribution is 5.95. The van der Waals surface area contributed by atoms with Gasteiger partial charge in [0.2, 0.25) is 0 Å². The van der Waals surface area contributed by atoms with Crippen LogP contribution in [0.4, 0.5) is 0 Å². The molecule has 4 rings (SSSR count). The van der Waals surface area contributed by atoms with Crippen LogP contribution in [0.3, 0.4) is 0 Å². The van der Waals surface area contributed by atoms with Gasteiger partial charge >= 0.3 is 5.97 Å². The van der Waals surface area contributed by atoms with Crippen molar-refractivity contribution >= 4 is 22.5 Å². The molecule has 4 aromatic rings. The molecule has 6 nitrogen and oxygen atoms in total. The first kappa shape index (κ1) is 21.0. The van der Waals surface area contributed by atoms with Crippen LogP contribution >= 0.6 is 0 Å². The highest BCUT2D eigenvalue weighted by Gasteiger charge is 2.30. The molecule has 0 aliphatic heterocycles. The number of hydrogen-bond donors (Lipinski definition) is 1. The average Bonchev–Trinajstić information content (AvgIpc) is 3.15. The summed E-state index contributed by atoms with van der Waals surface area (Å²) in [7, 11) is 0. The number of para-hydroxylation sites is 1. The molecule has 1 N–H and O–H groups in total. The highest BCUT2D eigenvalue weighted by atomic mass is 16.4. The molecule has 160 valence electrons. The van der Waals surface area contributed by atoms with Gasteiger partial charge in [0.1, 0.15) is 0 Å². The zero-order chi connectivity index (χ0) is 22.3. The van der Waals surface area contributed by atoms with Gasteiger partial charge in [-0.1, -0.05) is 58.4 Å². The number of aliphatic carboxylic acids is 1. The van der Waals surface area contributed by atoms with E-state index in [0.29, 0.717) is 12.0 Å². The average molecular weight is 417 g/mol. The lowest BCUT2D eigenvalue weighted by Crippen LogP contribution is -2.18. The van der Waals surface area contributed by atoms with Crippen LogP contribution in [0.2, 0.25) is 0 Å². The standard InChI is InChI=1S/C25H28N4O2/c1-6-9-17(24(30)31)21-15(2)27-20-14-19(25(3,4)5)28-29(20)23(21)18-12-7-10-16-11-8-13-26-22(16)18/h7-8,10-14,17H,6,9H2,1-5H3,(H,30,31). The predicted octanol–water partition coefficient (Wildman–Crippen LogP) is 5.52. The van der Waals surface area contributed by atoms with Gasteiger partial charge in [0.15, 0.2) is 5.65 Å². The summed E-state index contributed by atoms with van der Waals surface area (Å²) in [6.45, 7) is 10.2. The van der Waals surface area contributed by atoms with E-state index in [-0.39, 0.29) is 5.41 Å². The predicted molar refractivity (Wildman–Crippen MR) is 122 cm³/mol. The quantitative estimate of drug-likeness (QED) is 0.463. The van der Waals surface area contributed by atoms with Gasteiger partial charge in [-0.05, 0) is 19.4 Å². The number of fused-ring (bicyclic) bond motifs is 2. The summed E-state index contributed by atoms with van der Waals surface area (Å²) in [4.78, 5) is 21.7. The Bertz CT molecular complexity index is 1280. The number of carboxylic acids is 1. The van der Waals surface area contributed by atoms with Crippen LogP contribution in [0.1, 0.15) is 63.4 Å². The van der Waals surface area contributed by atoms with Gasteiger partial charge in [0, 0.05) is 39.9 Å². The van der Waals surface area contributed by atoms with E-state index in [1.165, 1.54) is 0 Å². The molecule has 1 unspecified atom stereocenters. The van der Waals surface area contributed by atoms with Crippen molar-refractivity contribution in [3.05, 3.63) is 59.5 Å². The Morgan fingerprint density at radius 1 is 1.19 bits per heavy atom. The van der Waals surface area contributed by atoms with E-state index in [4.69, 9.17) is 10.1 Å². The molecule has 1 aromatic carbocycles. The lowest BCUT2D eigenvalue weighted by molar-refractivity contribution is -0.139. The van der Waals surface area contributed by atoms with Gasteiger partial charge < -0.3 is 5.11 Å². The molecular weight excluding hydrogens is 388 g/mol. The maximum atomic E-state index is 12.3. The second-order valence-electron chi connectivity index (χ2n) is 9.07. The first-order valence-electron chi connectivity index (χ1n) is 10.7. The van der Waals surface area contributed by atoms with Crippen molar-refractivity contribution < 1.29 is 9.90 Å². The molecule has 6 heteroatoms. The van der Waals surface area contributed by atoms with Crippen LogP contribution in [0, 0.1) is 6.92 Å². The van der Waals surface area contributed by atoms with Crippen LogP contribution < -0.4 is 0 Å². The lowest BCUT2D eigenvalue weighted by Gasteiger charge is -2.20. The first-order chi connectivity index (χ1) is 14.7. The highest BCUT2D eigenvalue weighted by Crippen LogP contribution is 2.38. The normalized spacial score (nSPS) is 13.1. The number of hydrogen-bond acceptors (Lipinski definition) is 4. The molecule has 3 aromatic heterocycles. The minimum atomic E-state index is -0.844. The third kappa shape index (κ3) is 3.67. The van der Waals surface area contributed by atoms with E-state index in [2.05, 4.69) is 25.8 Å². The summed E-state index contributed by atoms with van der Waals surface area (Å²) < 4.78 is 1.82. The molecule has 0 radical (unpaired) electrons. The van der Waals surface area contributed by atoms with Crippen molar-refractivity contribution in [2.24, 2.45) is 0 Å². The molecule has 0 aliphatic carbocycles. The van der Waals surface area contributed by atoms with Crippen LogP contribution in [0.5, 0.6) is 0 Å². The Kier molecular flexibility index (Phi) is 5.25. The summed E-state index contributed by atoms with van der Waals surface area (Å²) in [6.07, 6.45) is 3.05. The SMILES string of the molecule is CCCC(C(=O)O)c1c(C)nc2cc(C(C)(C)C)nn2c1-c1cccc2cccnc12. The summed E-state index contributed by atoms with van der Waals surface area (Å²) in [5.74, 6) is -1.51. The van der Waals surface area contributed by atoms with Crippen molar-refractivity contribution in [3.8, 4) is 11.3 Å². The van der Waals surface area contributed by atoms with E-state index >= 15 is 0 Å². The Morgan fingerprint density at radius 2 is 1.94 bits per heavy atom. The maximum absolute atomic E-state index is 12.3. The molecule has 3 heterocycles. The minimum Gasteiger partial charge on any atom is -0.481 e. The summed E-state index contributed by atoms with van der Waals surface area (Å²) >= 11 is 0. The topological polar surface area (TPSA) is 80.4 Å². The lowest BCUT2D eigenvalue weighted by atomic mass is 9.89. The molecule has 0 saturated carbocycles. The van der Waals surface area contributed by atoms with Gasteiger partial charge in [-0.15, -0.1) is 0 Å². The molecule has 0 saturated heterocycles. The fourth-order valence-electron chi connectivity index (χ4n) is 4.15. The number of nitrogens with zero attached hydrogens (tertiary/aromatic N) is 4.